The van der Waals surface area contributed by atoms with Gasteiger partial charge in [0.2, 0.25) is 0 Å². The molecule has 3 aliphatic heterocycles. The Hall–Kier alpha value is -0.880. The second-order valence-electron chi connectivity index (χ2n) is 2.83. The third-order valence-corrected chi connectivity index (χ3v) is 2.78. The molecule has 6 heteroatoms. The van der Waals surface area contributed by atoms with E-state index in [0.29, 0.717) is 0 Å². The van der Waals surface area contributed by atoms with Crippen LogP contribution in [0.4, 0.5) is 0 Å². The minimum Gasteiger partial charge on any atom is -0.314 e. The van der Waals surface area contributed by atoms with Crippen molar-refractivity contribution in [3.05, 3.63) is 12.0 Å². The highest BCUT2D eigenvalue weighted by Crippen LogP contribution is 2.30. The van der Waals surface area contributed by atoms with Crippen LogP contribution in [0.3, 0.4) is 0 Å². The molecule has 1 fully saturated rings. The topological polar surface area (TPSA) is 42.9 Å². The average molecular weight is 183 g/mol. The summed E-state index contributed by atoms with van der Waals surface area (Å²) in [4.78, 5) is 2.24. The number of nitrogens with one attached hydrogen (secondary N) is 2. The van der Waals surface area contributed by atoms with Gasteiger partial charge in [0, 0.05) is 13.1 Å². The third kappa shape index (κ3) is 0.760. The second kappa shape index (κ2) is 2.30. The molecule has 0 radical (unpaired) electrons. The van der Waals surface area contributed by atoms with Gasteiger partial charge >= 0.3 is 0 Å². The van der Waals surface area contributed by atoms with Crippen molar-refractivity contribution in [3.63, 3.8) is 0 Å². The Morgan fingerprint density at radius 3 is 3.58 bits per heavy atom. The van der Waals surface area contributed by atoms with Crippen LogP contribution in [0.15, 0.2) is 17.1 Å². The smallest absolute Gasteiger partial charge is 0.161 e. The van der Waals surface area contributed by atoms with E-state index in [2.05, 4.69) is 20.0 Å². The number of rotatable bonds is 0. The van der Waals surface area contributed by atoms with E-state index in [4.69, 9.17) is 0 Å². The maximum absolute atomic E-state index is 4.42. The van der Waals surface area contributed by atoms with Crippen molar-refractivity contribution >= 4 is 18.0 Å². The zero-order valence-electron chi connectivity index (χ0n) is 6.45. The summed E-state index contributed by atoms with van der Waals surface area (Å²) in [6, 6.07) is 0. The van der Waals surface area contributed by atoms with E-state index in [1.54, 1.807) is 0 Å². The van der Waals surface area contributed by atoms with Gasteiger partial charge in [-0.05, 0) is 0 Å². The van der Waals surface area contributed by atoms with Crippen molar-refractivity contribution < 1.29 is 0 Å². The van der Waals surface area contributed by atoms with E-state index >= 15 is 0 Å². The maximum atomic E-state index is 4.42. The lowest BCUT2D eigenvalue weighted by atomic mass is 10.3. The van der Waals surface area contributed by atoms with Gasteiger partial charge in [-0.1, -0.05) is 0 Å². The van der Waals surface area contributed by atoms with Gasteiger partial charge in [0.1, 0.15) is 5.84 Å². The number of fused-ring (bicyclic) bond motifs is 3. The molecule has 64 valence electrons. The molecule has 3 aliphatic rings. The largest absolute Gasteiger partial charge is 0.314 e. The highest BCUT2D eigenvalue weighted by Gasteiger charge is 2.33. The lowest BCUT2D eigenvalue weighted by Crippen LogP contribution is -2.45. The fourth-order valence-electron chi connectivity index (χ4n) is 1.54. The van der Waals surface area contributed by atoms with Crippen molar-refractivity contribution in [1.29, 1.82) is 0 Å². The lowest BCUT2D eigenvalue weighted by Gasteiger charge is -2.25. The van der Waals surface area contributed by atoms with Gasteiger partial charge in [0.15, 0.2) is 5.82 Å². The van der Waals surface area contributed by atoms with Gasteiger partial charge in [-0.25, -0.2) is 0 Å². The molecule has 1 saturated heterocycles. The van der Waals surface area contributed by atoms with Crippen LogP contribution in [-0.4, -0.2) is 34.8 Å². The summed E-state index contributed by atoms with van der Waals surface area (Å²) >= 11 is 1.51. The van der Waals surface area contributed by atoms with Gasteiger partial charge in [0.05, 0.1) is 24.9 Å². The van der Waals surface area contributed by atoms with Gasteiger partial charge in [-0.15, -0.1) is 5.10 Å². The van der Waals surface area contributed by atoms with Gasteiger partial charge in [-0.3, -0.25) is 0 Å². The Bertz CT molecular complexity index is 273. The predicted molar refractivity (Wildman–Crippen MR) is 47.7 cm³/mol. The molecule has 12 heavy (non-hydrogen) atoms. The van der Waals surface area contributed by atoms with Crippen LogP contribution < -0.4 is 10.0 Å². The Morgan fingerprint density at radius 1 is 1.58 bits per heavy atom. The second-order valence-corrected chi connectivity index (χ2v) is 3.59. The molecule has 5 nitrogen and oxygen atoms in total. The number of hydrogen-bond donors (Lipinski definition) is 2. The third-order valence-electron chi connectivity index (χ3n) is 2.11. The molecule has 0 unspecified atom stereocenters. The van der Waals surface area contributed by atoms with Crippen LogP contribution >= 0.6 is 12.1 Å². The van der Waals surface area contributed by atoms with Crippen LogP contribution in [-0.2, 0) is 0 Å². The SMILES string of the molecule is C1=C2N(N=C3CNCCN23)SN1. The fraction of sp³-hybridized carbons (Fsp3) is 0.500. The van der Waals surface area contributed by atoms with Crippen LogP contribution in [0.1, 0.15) is 0 Å². The molecule has 3 heterocycles. The fourth-order valence-corrected chi connectivity index (χ4v) is 2.18. The molecule has 3 rings (SSSR count). The first-order valence-corrected chi connectivity index (χ1v) is 4.71. The van der Waals surface area contributed by atoms with E-state index in [0.717, 1.165) is 31.3 Å². The maximum Gasteiger partial charge on any atom is 0.161 e. The van der Waals surface area contributed by atoms with E-state index < -0.39 is 0 Å². The molecule has 0 saturated carbocycles. The molecular formula is C6H9N5S. The Kier molecular flexibility index (Phi) is 1.27. The Labute approximate surface area is 74.7 Å². The quantitative estimate of drug-likeness (QED) is 0.495. The van der Waals surface area contributed by atoms with Crippen molar-refractivity contribution in [2.24, 2.45) is 5.10 Å². The molecule has 0 atom stereocenters. The molecule has 0 spiro atoms. The van der Waals surface area contributed by atoms with Gasteiger partial charge in [-0.2, -0.15) is 4.41 Å². The summed E-state index contributed by atoms with van der Waals surface area (Å²) in [6.45, 7) is 2.94. The number of amidine groups is 1. The normalized spacial score (nSPS) is 26.0. The molecular weight excluding hydrogens is 174 g/mol. The highest BCUT2D eigenvalue weighted by atomic mass is 32.2. The molecule has 0 aliphatic carbocycles. The van der Waals surface area contributed by atoms with E-state index in [-0.39, 0.29) is 0 Å². The van der Waals surface area contributed by atoms with Crippen LogP contribution in [0.2, 0.25) is 0 Å². The first-order valence-electron chi connectivity index (χ1n) is 3.94. The summed E-state index contributed by atoms with van der Waals surface area (Å²) in [5, 5.41) is 7.71. The van der Waals surface area contributed by atoms with E-state index in [1.807, 2.05) is 10.6 Å². The molecule has 0 aromatic heterocycles. The van der Waals surface area contributed by atoms with E-state index in [9.17, 15) is 0 Å². The first-order chi connectivity index (χ1) is 5.95. The average Bonchev–Trinajstić information content (AvgIpc) is 2.62. The summed E-state index contributed by atoms with van der Waals surface area (Å²) < 4.78 is 4.99. The molecule has 2 N–H and O–H groups in total. The summed E-state index contributed by atoms with van der Waals surface area (Å²) in [5.74, 6) is 2.29. The molecule has 0 bridgehead atoms. The monoisotopic (exact) mass is 183 g/mol. The highest BCUT2D eigenvalue weighted by molar-refractivity contribution is 7.95. The van der Waals surface area contributed by atoms with Gasteiger partial charge < -0.3 is 14.9 Å². The summed E-state index contributed by atoms with van der Waals surface area (Å²) in [5.41, 5.74) is 0. The zero-order valence-corrected chi connectivity index (χ0v) is 7.27. The standard InChI is InChI=1S/C6H9N5S/c1-2-10-5(3-7-1)9-11-6(10)4-8-12-11/h4,7-8H,1-3H2. The summed E-state index contributed by atoms with van der Waals surface area (Å²) in [6.07, 6.45) is 1.99. The number of hydrazone groups is 1. The van der Waals surface area contributed by atoms with Crippen molar-refractivity contribution in [2.75, 3.05) is 19.6 Å². The first kappa shape index (κ1) is 6.62. The zero-order chi connectivity index (χ0) is 7.97. The predicted octanol–water partition coefficient (Wildman–Crippen LogP) is -0.514. The minimum absolute atomic E-state index is 0.883. The molecule has 0 aromatic carbocycles. The van der Waals surface area contributed by atoms with Crippen LogP contribution in [0.25, 0.3) is 0 Å². The Balaban J connectivity index is 1.95. The van der Waals surface area contributed by atoms with Crippen molar-refractivity contribution in [1.82, 2.24) is 19.4 Å². The minimum atomic E-state index is 0.883. The summed E-state index contributed by atoms with van der Waals surface area (Å²) in [7, 11) is 0. The lowest BCUT2D eigenvalue weighted by molar-refractivity contribution is 0.426. The van der Waals surface area contributed by atoms with Gasteiger partial charge in [0.25, 0.3) is 0 Å². The number of piperazine rings is 1. The van der Waals surface area contributed by atoms with Crippen LogP contribution in [0, 0.1) is 0 Å². The molecule has 0 amide bonds. The molecule has 0 aromatic rings. The van der Waals surface area contributed by atoms with Crippen molar-refractivity contribution in [2.45, 2.75) is 0 Å². The Morgan fingerprint density at radius 2 is 2.58 bits per heavy atom. The van der Waals surface area contributed by atoms with Crippen LogP contribution in [0.5, 0.6) is 0 Å². The number of hydrogen-bond acceptors (Lipinski definition) is 6. The van der Waals surface area contributed by atoms with Crippen molar-refractivity contribution in [3.8, 4) is 0 Å². The number of nitrogens with zero attached hydrogens (tertiary/aromatic N) is 3. The van der Waals surface area contributed by atoms with E-state index in [1.165, 1.54) is 12.1 Å².